The summed E-state index contributed by atoms with van der Waals surface area (Å²) in [5.41, 5.74) is 8.57. The summed E-state index contributed by atoms with van der Waals surface area (Å²) in [6, 6.07) is 10.5. The molecule has 1 atom stereocenters. The molecule has 1 unspecified atom stereocenters. The zero-order chi connectivity index (χ0) is 14.7. The van der Waals surface area contributed by atoms with Gasteiger partial charge in [0, 0.05) is 11.1 Å². The van der Waals surface area contributed by atoms with Gasteiger partial charge in [-0.25, -0.2) is 4.39 Å². The SMILES string of the molecule is COc1ccc(CC(N)c2cc(C)c(F)cc2Cl)cc1. The second-order valence-electron chi connectivity index (χ2n) is 4.78. The molecule has 2 nitrogen and oxygen atoms in total. The molecule has 2 N–H and O–H groups in total. The van der Waals surface area contributed by atoms with Gasteiger partial charge in [-0.1, -0.05) is 29.8 Å². The van der Waals surface area contributed by atoms with E-state index in [-0.39, 0.29) is 11.9 Å². The molecule has 0 saturated heterocycles. The molecule has 4 heteroatoms. The minimum Gasteiger partial charge on any atom is -0.497 e. The summed E-state index contributed by atoms with van der Waals surface area (Å²) in [4.78, 5) is 0. The molecule has 0 aromatic heterocycles. The predicted octanol–water partition coefficient (Wildman–Crippen LogP) is 4.04. The fraction of sp³-hybridized carbons (Fsp3) is 0.250. The lowest BCUT2D eigenvalue weighted by Gasteiger charge is -2.15. The minimum atomic E-state index is -0.310. The van der Waals surface area contributed by atoms with E-state index in [9.17, 15) is 4.39 Å². The van der Waals surface area contributed by atoms with E-state index in [0.717, 1.165) is 16.9 Å². The molecule has 2 rings (SSSR count). The fourth-order valence-corrected chi connectivity index (χ4v) is 2.38. The summed E-state index contributed by atoms with van der Waals surface area (Å²) in [5, 5.41) is 0.370. The van der Waals surface area contributed by atoms with E-state index >= 15 is 0 Å². The molecule has 0 radical (unpaired) electrons. The van der Waals surface area contributed by atoms with E-state index in [1.165, 1.54) is 6.07 Å². The highest BCUT2D eigenvalue weighted by Crippen LogP contribution is 2.27. The standard InChI is InChI=1S/C16H17ClFNO/c1-10-7-13(14(17)9-15(10)18)16(19)8-11-3-5-12(20-2)6-4-11/h3-7,9,16H,8,19H2,1-2H3. The summed E-state index contributed by atoms with van der Waals surface area (Å²) in [5.74, 6) is 0.494. The summed E-state index contributed by atoms with van der Waals surface area (Å²) < 4.78 is 18.5. The van der Waals surface area contributed by atoms with Crippen LogP contribution in [0.25, 0.3) is 0 Å². The van der Waals surface area contributed by atoms with Gasteiger partial charge in [0.2, 0.25) is 0 Å². The quantitative estimate of drug-likeness (QED) is 0.923. The van der Waals surface area contributed by atoms with E-state index in [1.54, 1.807) is 20.1 Å². The van der Waals surface area contributed by atoms with Crippen LogP contribution in [-0.4, -0.2) is 7.11 Å². The first-order valence-corrected chi connectivity index (χ1v) is 6.73. The Balaban J connectivity index is 2.18. The Labute approximate surface area is 123 Å². The third kappa shape index (κ3) is 3.30. The molecule has 0 amide bonds. The lowest BCUT2D eigenvalue weighted by atomic mass is 9.98. The number of hydrogen-bond donors (Lipinski definition) is 1. The van der Waals surface area contributed by atoms with Crippen molar-refractivity contribution in [3.8, 4) is 5.75 Å². The van der Waals surface area contributed by atoms with Crippen molar-refractivity contribution in [3.63, 3.8) is 0 Å². The van der Waals surface area contributed by atoms with Crippen LogP contribution in [0.15, 0.2) is 36.4 Å². The minimum absolute atomic E-state index is 0.268. The van der Waals surface area contributed by atoms with Gasteiger partial charge in [-0.05, 0) is 48.2 Å². The third-order valence-corrected chi connectivity index (χ3v) is 3.62. The number of hydrogen-bond acceptors (Lipinski definition) is 2. The van der Waals surface area contributed by atoms with E-state index < -0.39 is 0 Å². The van der Waals surface area contributed by atoms with Crippen LogP contribution < -0.4 is 10.5 Å². The maximum absolute atomic E-state index is 13.4. The zero-order valence-corrected chi connectivity index (χ0v) is 12.2. The number of benzene rings is 2. The Bertz CT molecular complexity index is 598. The smallest absolute Gasteiger partial charge is 0.127 e. The predicted molar refractivity (Wildman–Crippen MR) is 79.8 cm³/mol. The number of rotatable bonds is 4. The molecule has 2 aromatic rings. The van der Waals surface area contributed by atoms with Gasteiger partial charge in [0.1, 0.15) is 11.6 Å². The second kappa shape index (κ2) is 6.25. The molecule has 0 saturated carbocycles. The largest absolute Gasteiger partial charge is 0.497 e. The molecule has 0 aliphatic rings. The van der Waals surface area contributed by atoms with Gasteiger partial charge in [0.25, 0.3) is 0 Å². The van der Waals surface area contributed by atoms with Gasteiger partial charge in [-0.3, -0.25) is 0 Å². The molecular weight excluding hydrogens is 277 g/mol. The molecule has 106 valence electrons. The van der Waals surface area contributed by atoms with E-state index in [0.29, 0.717) is 17.0 Å². The Morgan fingerprint density at radius 2 is 1.90 bits per heavy atom. The molecule has 0 fully saturated rings. The Morgan fingerprint density at radius 3 is 2.50 bits per heavy atom. The van der Waals surface area contributed by atoms with Crippen molar-refractivity contribution in [1.82, 2.24) is 0 Å². The monoisotopic (exact) mass is 293 g/mol. The van der Waals surface area contributed by atoms with Gasteiger partial charge < -0.3 is 10.5 Å². The molecular formula is C16H17ClFNO. The Morgan fingerprint density at radius 1 is 1.25 bits per heavy atom. The van der Waals surface area contributed by atoms with E-state index in [4.69, 9.17) is 22.1 Å². The summed E-state index contributed by atoms with van der Waals surface area (Å²) in [6.45, 7) is 1.70. The maximum Gasteiger partial charge on any atom is 0.127 e. The van der Waals surface area contributed by atoms with Gasteiger partial charge in [0.05, 0.1) is 7.11 Å². The zero-order valence-electron chi connectivity index (χ0n) is 11.5. The van der Waals surface area contributed by atoms with Crippen molar-refractivity contribution in [2.75, 3.05) is 7.11 Å². The number of aryl methyl sites for hydroxylation is 1. The summed E-state index contributed by atoms with van der Waals surface area (Å²) >= 11 is 6.07. The molecule has 0 spiro atoms. The molecule has 2 aromatic carbocycles. The molecule has 0 bridgehead atoms. The van der Waals surface area contributed by atoms with Crippen molar-refractivity contribution in [1.29, 1.82) is 0 Å². The first kappa shape index (κ1) is 14.8. The van der Waals surface area contributed by atoms with Crippen LogP contribution in [0.2, 0.25) is 5.02 Å². The highest BCUT2D eigenvalue weighted by atomic mass is 35.5. The van der Waals surface area contributed by atoms with Gasteiger partial charge >= 0.3 is 0 Å². The highest BCUT2D eigenvalue weighted by molar-refractivity contribution is 6.31. The highest BCUT2D eigenvalue weighted by Gasteiger charge is 2.13. The molecule has 20 heavy (non-hydrogen) atoms. The molecule has 0 heterocycles. The first-order valence-electron chi connectivity index (χ1n) is 6.35. The van der Waals surface area contributed by atoms with Crippen molar-refractivity contribution in [2.24, 2.45) is 5.73 Å². The van der Waals surface area contributed by atoms with Crippen LogP contribution in [0.5, 0.6) is 5.75 Å². The van der Waals surface area contributed by atoms with Crippen molar-refractivity contribution in [2.45, 2.75) is 19.4 Å². The van der Waals surface area contributed by atoms with Crippen LogP contribution in [0.3, 0.4) is 0 Å². The van der Waals surface area contributed by atoms with Crippen LogP contribution in [-0.2, 0) is 6.42 Å². The lowest BCUT2D eigenvalue weighted by Crippen LogP contribution is -2.14. The van der Waals surface area contributed by atoms with Crippen molar-refractivity contribution < 1.29 is 9.13 Å². The number of methoxy groups -OCH3 is 1. The van der Waals surface area contributed by atoms with Crippen LogP contribution in [0.4, 0.5) is 4.39 Å². The van der Waals surface area contributed by atoms with Crippen molar-refractivity contribution >= 4 is 11.6 Å². The van der Waals surface area contributed by atoms with Gasteiger partial charge in [-0.15, -0.1) is 0 Å². The first-order chi connectivity index (χ1) is 9.51. The molecule has 0 aliphatic carbocycles. The maximum atomic E-state index is 13.4. The third-order valence-electron chi connectivity index (χ3n) is 3.29. The Hall–Kier alpha value is -1.58. The van der Waals surface area contributed by atoms with Crippen molar-refractivity contribution in [3.05, 3.63) is 63.9 Å². The van der Waals surface area contributed by atoms with Gasteiger partial charge in [-0.2, -0.15) is 0 Å². The second-order valence-corrected chi connectivity index (χ2v) is 5.19. The number of halogens is 2. The topological polar surface area (TPSA) is 35.2 Å². The number of nitrogens with two attached hydrogens (primary N) is 1. The Kier molecular flexibility index (Phi) is 4.63. The lowest BCUT2D eigenvalue weighted by molar-refractivity contribution is 0.414. The average Bonchev–Trinajstić information content (AvgIpc) is 2.43. The van der Waals surface area contributed by atoms with Crippen LogP contribution in [0.1, 0.15) is 22.7 Å². The average molecular weight is 294 g/mol. The van der Waals surface area contributed by atoms with E-state index in [1.807, 2.05) is 24.3 Å². The van der Waals surface area contributed by atoms with Crippen LogP contribution >= 0.6 is 11.6 Å². The fourth-order valence-electron chi connectivity index (χ4n) is 2.09. The normalized spacial score (nSPS) is 12.2. The number of ether oxygens (including phenoxy) is 1. The molecule has 0 aliphatic heterocycles. The van der Waals surface area contributed by atoms with E-state index in [2.05, 4.69) is 0 Å². The summed E-state index contributed by atoms with van der Waals surface area (Å²) in [6.07, 6.45) is 0.634. The van der Waals surface area contributed by atoms with Gasteiger partial charge in [0.15, 0.2) is 0 Å². The summed E-state index contributed by atoms with van der Waals surface area (Å²) in [7, 11) is 1.63. The van der Waals surface area contributed by atoms with Crippen LogP contribution in [0, 0.1) is 12.7 Å².